The molecule has 0 radical (unpaired) electrons. The molecule has 0 saturated carbocycles. The molecule has 0 aromatic heterocycles. The molecule has 0 bridgehead atoms. The molecule has 2 rings (SSSR count). The zero-order chi connectivity index (χ0) is 13.8. The molecule has 0 unspecified atom stereocenters. The third-order valence-corrected chi connectivity index (χ3v) is 3.78. The minimum absolute atomic E-state index is 0.495. The summed E-state index contributed by atoms with van der Waals surface area (Å²) in [6, 6.07) is 17.5. The topological polar surface area (TPSA) is 49.8 Å². The van der Waals surface area contributed by atoms with Crippen LogP contribution in [0.3, 0.4) is 0 Å². The van der Waals surface area contributed by atoms with Gasteiger partial charge in [-0.1, -0.05) is 58.4 Å². The van der Waals surface area contributed by atoms with Crippen LogP contribution in [0.5, 0.6) is 0 Å². The predicted molar refractivity (Wildman–Crippen MR) is 81.9 cm³/mol. The van der Waals surface area contributed by atoms with Crippen LogP contribution in [-0.2, 0) is 0 Å². The Bertz CT molecular complexity index is 667. The number of nitrogens with two attached hydrogens (primary N) is 1. The molecule has 0 amide bonds. The highest BCUT2D eigenvalue weighted by Gasteiger charge is 2.09. The summed E-state index contributed by atoms with van der Waals surface area (Å²) in [5.41, 5.74) is 9.94. The fourth-order valence-corrected chi connectivity index (χ4v) is 2.17. The van der Waals surface area contributed by atoms with Gasteiger partial charge in [0.25, 0.3) is 0 Å². The van der Waals surface area contributed by atoms with Gasteiger partial charge in [0.2, 0.25) is 0 Å². The molecule has 2 N–H and O–H groups in total. The summed E-state index contributed by atoms with van der Waals surface area (Å²) in [6.45, 7) is 2.01. The van der Waals surface area contributed by atoms with Gasteiger partial charge in [0, 0.05) is 4.47 Å². The average Bonchev–Trinajstić information content (AvgIpc) is 2.44. The quantitative estimate of drug-likeness (QED) is 0.670. The summed E-state index contributed by atoms with van der Waals surface area (Å²) in [5, 5.41) is 9.34. The molecule has 0 spiro atoms. The van der Waals surface area contributed by atoms with E-state index in [2.05, 4.69) is 22.0 Å². The van der Waals surface area contributed by atoms with Gasteiger partial charge in [-0.3, -0.25) is 0 Å². The van der Waals surface area contributed by atoms with E-state index in [1.165, 1.54) is 0 Å². The number of benzene rings is 2. The van der Waals surface area contributed by atoms with Gasteiger partial charge in [0.1, 0.15) is 6.07 Å². The van der Waals surface area contributed by atoms with Gasteiger partial charge in [-0.25, -0.2) is 0 Å². The highest BCUT2D eigenvalue weighted by Crippen LogP contribution is 2.25. The van der Waals surface area contributed by atoms with Crippen molar-refractivity contribution in [3.05, 3.63) is 69.7 Å². The second-order valence-electron chi connectivity index (χ2n) is 4.23. The lowest BCUT2D eigenvalue weighted by Gasteiger charge is -2.08. The highest BCUT2D eigenvalue weighted by atomic mass is 79.9. The van der Waals surface area contributed by atoms with E-state index < -0.39 is 0 Å². The molecule has 0 aliphatic heterocycles. The molecule has 2 nitrogen and oxygen atoms in total. The zero-order valence-corrected chi connectivity index (χ0v) is 12.1. The molecule has 19 heavy (non-hydrogen) atoms. The largest absolute Gasteiger partial charge is 0.397 e. The molecule has 0 fully saturated rings. The number of halogens is 1. The minimum Gasteiger partial charge on any atom is -0.397 e. The van der Waals surface area contributed by atoms with Crippen LogP contribution >= 0.6 is 15.9 Å². The number of nitriles is 1. The molecule has 94 valence electrons. The Labute approximate surface area is 121 Å². The number of aryl methyl sites for hydroxylation is 1. The third-order valence-electron chi connectivity index (χ3n) is 2.93. The predicted octanol–water partition coefficient (Wildman–Crippen LogP) is 4.11. The van der Waals surface area contributed by atoms with E-state index in [0.29, 0.717) is 11.3 Å². The number of allylic oxidation sites excluding steroid dienone is 1. The fourth-order valence-electron chi connectivity index (χ4n) is 1.79. The molecular formula is C16H13BrN2. The van der Waals surface area contributed by atoms with Crippen LogP contribution in [0.4, 0.5) is 0 Å². The molecule has 0 aliphatic carbocycles. The number of nitrogens with zero attached hydrogens (tertiary/aromatic N) is 1. The summed E-state index contributed by atoms with van der Waals surface area (Å²) < 4.78 is 0.985. The Balaban J connectivity index is 2.56. The van der Waals surface area contributed by atoms with Crippen molar-refractivity contribution in [3.63, 3.8) is 0 Å². The van der Waals surface area contributed by atoms with Gasteiger partial charge in [-0.05, 0) is 29.7 Å². The van der Waals surface area contributed by atoms with E-state index in [0.717, 1.165) is 21.2 Å². The monoisotopic (exact) mass is 312 g/mol. The molecule has 2 aromatic carbocycles. The number of hydrogen-bond acceptors (Lipinski definition) is 2. The summed E-state index contributed by atoms with van der Waals surface area (Å²) in [7, 11) is 0. The first kappa shape index (κ1) is 13.4. The number of hydrogen-bond donors (Lipinski definition) is 1. The minimum atomic E-state index is 0.495. The Hall–Kier alpha value is -2.05. The summed E-state index contributed by atoms with van der Waals surface area (Å²) in [5.74, 6) is 0. The normalized spacial score (nSPS) is 11.6. The lowest BCUT2D eigenvalue weighted by Crippen LogP contribution is -2.01. The van der Waals surface area contributed by atoms with Crippen molar-refractivity contribution in [1.82, 2.24) is 0 Å². The summed E-state index contributed by atoms with van der Waals surface area (Å²) >= 11 is 3.48. The van der Waals surface area contributed by atoms with Gasteiger partial charge in [0.15, 0.2) is 0 Å². The van der Waals surface area contributed by atoms with E-state index >= 15 is 0 Å². The standard InChI is InChI=1S/C16H13BrN2/c1-11-7-8-13(9-15(11)17)16(19)14(10-18)12-5-3-2-4-6-12/h2-9H,19H2,1H3/b16-14+. The molecular weight excluding hydrogens is 300 g/mol. The van der Waals surface area contributed by atoms with Crippen molar-refractivity contribution in [3.8, 4) is 6.07 Å². The maximum absolute atomic E-state index is 9.34. The van der Waals surface area contributed by atoms with Crippen LogP contribution < -0.4 is 5.73 Å². The Morgan fingerprint density at radius 3 is 2.37 bits per heavy atom. The van der Waals surface area contributed by atoms with Gasteiger partial charge in [-0.2, -0.15) is 5.26 Å². The van der Waals surface area contributed by atoms with Crippen LogP contribution in [0.25, 0.3) is 11.3 Å². The fraction of sp³-hybridized carbons (Fsp3) is 0.0625. The van der Waals surface area contributed by atoms with Crippen LogP contribution in [0.2, 0.25) is 0 Å². The summed E-state index contributed by atoms with van der Waals surface area (Å²) in [6.07, 6.45) is 0. The maximum Gasteiger partial charge on any atom is 0.102 e. The van der Waals surface area contributed by atoms with E-state index in [1.54, 1.807) is 0 Å². The molecule has 0 saturated heterocycles. The van der Waals surface area contributed by atoms with Crippen LogP contribution in [0, 0.1) is 18.3 Å². The van der Waals surface area contributed by atoms with E-state index in [4.69, 9.17) is 5.73 Å². The molecule has 0 heterocycles. The Morgan fingerprint density at radius 1 is 1.11 bits per heavy atom. The van der Waals surface area contributed by atoms with Crippen molar-refractivity contribution in [2.75, 3.05) is 0 Å². The first-order chi connectivity index (χ1) is 9.13. The van der Waals surface area contributed by atoms with E-state index in [-0.39, 0.29) is 0 Å². The van der Waals surface area contributed by atoms with E-state index in [9.17, 15) is 5.26 Å². The first-order valence-electron chi connectivity index (χ1n) is 5.85. The molecule has 2 aromatic rings. The lowest BCUT2D eigenvalue weighted by atomic mass is 10.0. The second kappa shape index (κ2) is 5.73. The summed E-state index contributed by atoms with van der Waals surface area (Å²) in [4.78, 5) is 0. The average molecular weight is 313 g/mol. The SMILES string of the molecule is Cc1ccc(/C(N)=C(/C#N)c2ccccc2)cc1Br. The van der Waals surface area contributed by atoms with Crippen molar-refractivity contribution in [1.29, 1.82) is 5.26 Å². The van der Waals surface area contributed by atoms with E-state index in [1.807, 2.05) is 55.5 Å². The Morgan fingerprint density at radius 2 is 1.79 bits per heavy atom. The van der Waals surface area contributed by atoms with Gasteiger partial charge < -0.3 is 5.73 Å². The van der Waals surface area contributed by atoms with Crippen molar-refractivity contribution in [2.45, 2.75) is 6.92 Å². The van der Waals surface area contributed by atoms with Gasteiger partial charge >= 0.3 is 0 Å². The first-order valence-corrected chi connectivity index (χ1v) is 6.64. The second-order valence-corrected chi connectivity index (χ2v) is 5.08. The van der Waals surface area contributed by atoms with Gasteiger partial charge in [0.05, 0.1) is 11.3 Å². The van der Waals surface area contributed by atoms with Gasteiger partial charge in [-0.15, -0.1) is 0 Å². The lowest BCUT2D eigenvalue weighted by molar-refractivity contribution is 1.39. The third kappa shape index (κ3) is 2.86. The smallest absolute Gasteiger partial charge is 0.102 e. The maximum atomic E-state index is 9.34. The molecule has 0 atom stereocenters. The van der Waals surface area contributed by atoms with Crippen LogP contribution in [0.15, 0.2) is 53.0 Å². The Kier molecular flexibility index (Phi) is 4.03. The van der Waals surface area contributed by atoms with Crippen molar-refractivity contribution in [2.24, 2.45) is 5.73 Å². The van der Waals surface area contributed by atoms with Crippen molar-refractivity contribution >= 4 is 27.2 Å². The molecule has 3 heteroatoms. The zero-order valence-electron chi connectivity index (χ0n) is 10.5. The molecule has 0 aliphatic rings. The van der Waals surface area contributed by atoms with Crippen LogP contribution in [-0.4, -0.2) is 0 Å². The van der Waals surface area contributed by atoms with Crippen molar-refractivity contribution < 1.29 is 0 Å². The van der Waals surface area contributed by atoms with Crippen LogP contribution in [0.1, 0.15) is 16.7 Å². The number of rotatable bonds is 2. The highest BCUT2D eigenvalue weighted by molar-refractivity contribution is 9.10.